The van der Waals surface area contributed by atoms with Gasteiger partial charge in [0.1, 0.15) is 0 Å². The molecule has 4 heteroatoms. The summed E-state index contributed by atoms with van der Waals surface area (Å²) < 4.78 is 6.23. The van der Waals surface area contributed by atoms with E-state index >= 15 is 0 Å². The van der Waals surface area contributed by atoms with E-state index in [9.17, 15) is 0 Å². The van der Waals surface area contributed by atoms with Gasteiger partial charge in [0.25, 0.3) is 0 Å². The Balaban J connectivity index is 2.23. The number of methoxy groups -OCH3 is 1. The Bertz CT molecular complexity index is 346. The molecule has 102 valence electrons. The van der Waals surface area contributed by atoms with E-state index in [1.54, 1.807) is 7.11 Å². The monoisotopic (exact) mass is 314 g/mol. The molecule has 1 aromatic rings. The van der Waals surface area contributed by atoms with E-state index in [-0.39, 0.29) is 0 Å². The van der Waals surface area contributed by atoms with Crippen LogP contribution in [0.3, 0.4) is 0 Å². The van der Waals surface area contributed by atoms with Crippen molar-refractivity contribution in [1.82, 2.24) is 10.2 Å². The Hall–Kier alpha value is -0.420. The fourth-order valence-electron chi connectivity index (χ4n) is 1.84. The van der Waals surface area contributed by atoms with Crippen molar-refractivity contribution in [2.45, 2.75) is 19.5 Å². The van der Waals surface area contributed by atoms with E-state index in [1.807, 2.05) is 0 Å². The third-order valence-corrected chi connectivity index (χ3v) is 3.24. The van der Waals surface area contributed by atoms with Gasteiger partial charge in [-0.05, 0) is 31.7 Å². The van der Waals surface area contributed by atoms with Crippen LogP contribution in [0.15, 0.2) is 28.7 Å². The zero-order chi connectivity index (χ0) is 13.4. The Labute approximate surface area is 119 Å². The summed E-state index contributed by atoms with van der Waals surface area (Å²) in [4.78, 5) is 2.31. The van der Waals surface area contributed by atoms with Crippen molar-refractivity contribution < 1.29 is 4.74 Å². The minimum Gasteiger partial charge on any atom is -0.383 e. The van der Waals surface area contributed by atoms with Gasteiger partial charge in [-0.15, -0.1) is 0 Å². The SMILES string of the molecule is COCC(C)NCCN(C)Cc1cccc(Br)c1. The van der Waals surface area contributed by atoms with Crippen molar-refractivity contribution in [3.8, 4) is 0 Å². The molecule has 1 aromatic carbocycles. The van der Waals surface area contributed by atoms with Gasteiger partial charge in [0.05, 0.1) is 6.61 Å². The molecule has 0 bridgehead atoms. The normalized spacial score (nSPS) is 12.9. The smallest absolute Gasteiger partial charge is 0.0613 e. The predicted octanol–water partition coefficient (Wildman–Crippen LogP) is 2.51. The summed E-state index contributed by atoms with van der Waals surface area (Å²) in [7, 11) is 3.88. The standard InChI is InChI=1S/C14H23BrN2O/c1-12(11-18-3)16-7-8-17(2)10-13-5-4-6-14(15)9-13/h4-6,9,12,16H,7-8,10-11H2,1-3H3. The topological polar surface area (TPSA) is 24.5 Å². The van der Waals surface area contributed by atoms with Gasteiger partial charge in [0, 0.05) is 37.3 Å². The van der Waals surface area contributed by atoms with E-state index in [0.29, 0.717) is 6.04 Å². The van der Waals surface area contributed by atoms with Crippen LogP contribution in [0.4, 0.5) is 0 Å². The molecule has 1 atom stereocenters. The molecule has 3 nitrogen and oxygen atoms in total. The molecule has 1 rings (SSSR count). The highest BCUT2D eigenvalue weighted by Crippen LogP contribution is 2.12. The highest BCUT2D eigenvalue weighted by Gasteiger charge is 2.03. The first kappa shape index (κ1) is 15.6. The first-order valence-corrected chi connectivity index (χ1v) is 7.06. The molecule has 0 radical (unpaired) electrons. The molecular formula is C14H23BrN2O. The number of ether oxygens (including phenoxy) is 1. The van der Waals surface area contributed by atoms with Gasteiger partial charge in [0.15, 0.2) is 0 Å². The number of likely N-dealkylation sites (N-methyl/N-ethyl adjacent to an activating group) is 1. The van der Waals surface area contributed by atoms with E-state index < -0.39 is 0 Å². The maximum absolute atomic E-state index is 5.09. The molecule has 0 saturated carbocycles. The molecular weight excluding hydrogens is 292 g/mol. The zero-order valence-electron chi connectivity index (χ0n) is 11.4. The molecule has 0 aromatic heterocycles. The largest absolute Gasteiger partial charge is 0.383 e. The summed E-state index contributed by atoms with van der Waals surface area (Å²) in [5.74, 6) is 0. The average Bonchev–Trinajstić information content (AvgIpc) is 2.29. The molecule has 0 aliphatic rings. The highest BCUT2D eigenvalue weighted by molar-refractivity contribution is 9.10. The van der Waals surface area contributed by atoms with E-state index in [2.05, 4.69) is 64.4 Å². The van der Waals surface area contributed by atoms with Gasteiger partial charge in [-0.25, -0.2) is 0 Å². The number of hydrogen-bond acceptors (Lipinski definition) is 3. The molecule has 0 heterocycles. The molecule has 18 heavy (non-hydrogen) atoms. The molecule has 0 spiro atoms. The Morgan fingerprint density at radius 2 is 2.22 bits per heavy atom. The summed E-state index contributed by atoms with van der Waals surface area (Å²) in [6.07, 6.45) is 0. The van der Waals surface area contributed by atoms with Crippen LogP contribution in [0.5, 0.6) is 0 Å². The Morgan fingerprint density at radius 1 is 1.44 bits per heavy atom. The van der Waals surface area contributed by atoms with Crippen molar-refractivity contribution >= 4 is 15.9 Å². The van der Waals surface area contributed by atoms with Gasteiger partial charge in [0.2, 0.25) is 0 Å². The molecule has 0 amide bonds. The molecule has 1 unspecified atom stereocenters. The van der Waals surface area contributed by atoms with E-state index in [1.165, 1.54) is 5.56 Å². The number of benzene rings is 1. The summed E-state index contributed by atoms with van der Waals surface area (Å²) in [6, 6.07) is 8.86. The number of rotatable bonds is 8. The number of halogens is 1. The highest BCUT2D eigenvalue weighted by atomic mass is 79.9. The van der Waals surface area contributed by atoms with E-state index in [4.69, 9.17) is 4.74 Å². The van der Waals surface area contributed by atoms with Crippen LogP contribution in [0.1, 0.15) is 12.5 Å². The van der Waals surface area contributed by atoms with Crippen LogP contribution in [0.25, 0.3) is 0 Å². The van der Waals surface area contributed by atoms with Crippen molar-refractivity contribution in [2.24, 2.45) is 0 Å². The molecule has 1 N–H and O–H groups in total. The predicted molar refractivity (Wildman–Crippen MR) is 79.8 cm³/mol. The minimum absolute atomic E-state index is 0.411. The van der Waals surface area contributed by atoms with Crippen molar-refractivity contribution in [3.05, 3.63) is 34.3 Å². The third kappa shape index (κ3) is 6.50. The first-order chi connectivity index (χ1) is 8.61. The van der Waals surface area contributed by atoms with Crippen molar-refractivity contribution in [2.75, 3.05) is 33.9 Å². The second-order valence-corrected chi connectivity index (χ2v) is 5.59. The van der Waals surface area contributed by atoms with Gasteiger partial charge in [-0.2, -0.15) is 0 Å². The fourth-order valence-corrected chi connectivity index (χ4v) is 2.28. The van der Waals surface area contributed by atoms with Crippen LogP contribution < -0.4 is 5.32 Å². The van der Waals surface area contributed by atoms with Gasteiger partial charge < -0.3 is 15.0 Å². The lowest BCUT2D eigenvalue weighted by atomic mass is 10.2. The van der Waals surface area contributed by atoms with E-state index in [0.717, 1.165) is 30.7 Å². The van der Waals surface area contributed by atoms with Crippen LogP contribution in [-0.4, -0.2) is 44.8 Å². The second kappa shape index (κ2) is 8.64. The summed E-state index contributed by atoms with van der Waals surface area (Å²) in [6.45, 7) is 5.88. The summed E-state index contributed by atoms with van der Waals surface area (Å²) in [5.41, 5.74) is 1.33. The van der Waals surface area contributed by atoms with Crippen molar-refractivity contribution in [3.63, 3.8) is 0 Å². The lowest BCUT2D eigenvalue weighted by Crippen LogP contribution is -2.36. The van der Waals surface area contributed by atoms with Gasteiger partial charge in [-0.1, -0.05) is 28.1 Å². The quantitative estimate of drug-likeness (QED) is 0.798. The summed E-state index contributed by atoms with van der Waals surface area (Å²) >= 11 is 3.50. The molecule has 0 aliphatic carbocycles. The van der Waals surface area contributed by atoms with Crippen LogP contribution in [0, 0.1) is 0 Å². The fraction of sp³-hybridized carbons (Fsp3) is 0.571. The summed E-state index contributed by atoms with van der Waals surface area (Å²) in [5, 5.41) is 3.44. The van der Waals surface area contributed by atoms with Crippen LogP contribution in [0.2, 0.25) is 0 Å². The second-order valence-electron chi connectivity index (χ2n) is 4.68. The number of nitrogens with zero attached hydrogens (tertiary/aromatic N) is 1. The zero-order valence-corrected chi connectivity index (χ0v) is 13.0. The lowest BCUT2D eigenvalue weighted by molar-refractivity contribution is 0.170. The molecule has 0 aliphatic heterocycles. The van der Waals surface area contributed by atoms with Crippen LogP contribution in [-0.2, 0) is 11.3 Å². The van der Waals surface area contributed by atoms with Crippen LogP contribution >= 0.6 is 15.9 Å². The lowest BCUT2D eigenvalue weighted by Gasteiger charge is -2.19. The number of hydrogen-bond donors (Lipinski definition) is 1. The van der Waals surface area contributed by atoms with Gasteiger partial charge >= 0.3 is 0 Å². The van der Waals surface area contributed by atoms with Gasteiger partial charge in [-0.3, -0.25) is 0 Å². The maximum Gasteiger partial charge on any atom is 0.0613 e. The maximum atomic E-state index is 5.09. The molecule has 0 saturated heterocycles. The number of nitrogens with one attached hydrogen (secondary N) is 1. The minimum atomic E-state index is 0.411. The Kier molecular flexibility index (Phi) is 7.51. The third-order valence-electron chi connectivity index (χ3n) is 2.74. The molecule has 0 fully saturated rings. The average molecular weight is 315 g/mol. The first-order valence-electron chi connectivity index (χ1n) is 6.27. The Morgan fingerprint density at radius 3 is 2.89 bits per heavy atom. The van der Waals surface area contributed by atoms with Crippen molar-refractivity contribution in [1.29, 1.82) is 0 Å².